The second kappa shape index (κ2) is 8.36. The fourth-order valence-corrected chi connectivity index (χ4v) is 2.61. The SMILES string of the molecule is COc1cccc(C(=O)Nc2ccc(Nc3ccc(C(C)C)cc3)nc2)c1. The van der Waals surface area contributed by atoms with Crippen molar-refractivity contribution in [1.82, 2.24) is 4.98 Å². The van der Waals surface area contributed by atoms with E-state index >= 15 is 0 Å². The number of nitrogens with one attached hydrogen (secondary N) is 2. The average molecular weight is 361 g/mol. The van der Waals surface area contributed by atoms with Crippen LogP contribution in [0, 0.1) is 0 Å². The van der Waals surface area contributed by atoms with Gasteiger partial charge in [-0.3, -0.25) is 4.79 Å². The Bertz CT molecular complexity index is 904. The Morgan fingerprint density at radius 3 is 2.37 bits per heavy atom. The van der Waals surface area contributed by atoms with E-state index in [1.807, 2.05) is 24.3 Å². The maximum Gasteiger partial charge on any atom is 0.255 e. The average Bonchev–Trinajstić information content (AvgIpc) is 2.70. The molecule has 5 nitrogen and oxygen atoms in total. The highest BCUT2D eigenvalue weighted by Crippen LogP contribution is 2.21. The number of aromatic nitrogens is 1. The molecule has 0 atom stereocenters. The van der Waals surface area contributed by atoms with Gasteiger partial charge in [0.1, 0.15) is 11.6 Å². The quantitative estimate of drug-likeness (QED) is 0.633. The lowest BCUT2D eigenvalue weighted by Crippen LogP contribution is -2.12. The van der Waals surface area contributed by atoms with Gasteiger partial charge >= 0.3 is 0 Å². The molecule has 0 aliphatic carbocycles. The number of rotatable bonds is 6. The molecule has 0 saturated heterocycles. The molecular weight excluding hydrogens is 338 g/mol. The van der Waals surface area contributed by atoms with Gasteiger partial charge in [-0.25, -0.2) is 4.98 Å². The number of ether oxygens (including phenoxy) is 1. The summed E-state index contributed by atoms with van der Waals surface area (Å²) in [5.74, 6) is 1.65. The summed E-state index contributed by atoms with van der Waals surface area (Å²) in [6.07, 6.45) is 1.63. The lowest BCUT2D eigenvalue weighted by molar-refractivity contribution is 0.102. The standard InChI is InChI=1S/C22H23N3O2/c1-15(2)16-7-9-18(10-8-16)24-21-12-11-19(14-23-21)25-22(26)17-5-4-6-20(13-17)27-3/h4-15H,1-3H3,(H,23,24)(H,25,26). The number of amides is 1. The van der Waals surface area contributed by atoms with Crippen LogP contribution in [0.5, 0.6) is 5.75 Å². The predicted molar refractivity (Wildman–Crippen MR) is 109 cm³/mol. The third kappa shape index (κ3) is 4.85. The Kier molecular flexibility index (Phi) is 5.71. The number of methoxy groups -OCH3 is 1. The fourth-order valence-electron chi connectivity index (χ4n) is 2.61. The lowest BCUT2D eigenvalue weighted by atomic mass is 10.0. The molecule has 27 heavy (non-hydrogen) atoms. The van der Waals surface area contributed by atoms with Crippen molar-refractivity contribution in [3.8, 4) is 5.75 Å². The Hall–Kier alpha value is -3.34. The monoisotopic (exact) mass is 361 g/mol. The zero-order valence-electron chi connectivity index (χ0n) is 15.7. The van der Waals surface area contributed by atoms with Gasteiger partial charge in [0.05, 0.1) is 19.0 Å². The van der Waals surface area contributed by atoms with Crippen molar-refractivity contribution in [2.24, 2.45) is 0 Å². The van der Waals surface area contributed by atoms with Crippen LogP contribution >= 0.6 is 0 Å². The van der Waals surface area contributed by atoms with Crippen molar-refractivity contribution in [2.75, 3.05) is 17.7 Å². The van der Waals surface area contributed by atoms with Crippen LogP contribution in [-0.2, 0) is 0 Å². The van der Waals surface area contributed by atoms with Gasteiger partial charge in [-0.2, -0.15) is 0 Å². The van der Waals surface area contributed by atoms with Gasteiger partial charge in [0.2, 0.25) is 0 Å². The van der Waals surface area contributed by atoms with E-state index in [2.05, 4.69) is 41.6 Å². The third-order valence-corrected chi connectivity index (χ3v) is 4.20. The van der Waals surface area contributed by atoms with Crippen LogP contribution in [0.15, 0.2) is 66.9 Å². The molecule has 3 aromatic rings. The molecule has 0 saturated carbocycles. The zero-order valence-corrected chi connectivity index (χ0v) is 15.7. The largest absolute Gasteiger partial charge is 0.497 e. The van der Waals surface area contributed by atoms with Crippen molar-refractivity contribution >= 4 is 23.1 Å². The number of benzene rings is 2. The van der Waals surface area contributed by atoms with Crippen molar-refractivity contribution in [3.63, 3.8) is 0 Å². The summed E-state index contributed by atoms with van der Waals surface area (Å²) in [5.41, 5.74) is 3.43. The number of carbonyl (C=O) groups excluding carboxylic acids is 1. The lowest BCUT2D eigenvalue weighted by Gasteiger charge is -2.10. The summed E-state index contributed by atoms with van der Waals surface area (Å²) in [4.78, 5) is 16.7. The molecule has 1 amide bonds. The van der Waals surface area contributed by atoms with Crippen LogP contribution in [0.25, 0.3) is 0 Å². The molecule has 1 aromatic heterocycles. The summed E-state index contributed by atoms with van der Waals surface area (Å²) in [7, 11) is 1.57. The number of anilines is 3. The first kappa shape index (κ1) is 18.5. The minimum absolute atomic E-state index is 0.208. The Balaban J connectivity index is 1.63. The van der Waals surface area contributed by atoms with E-state index in [9.17, 15) is 4.79 Å². The molecule has 5 heteroatoms. The van der Waals surface area contributed by atoms with E-state index in [-0.39, 0.29) is 5.91 Å². The number of hydrogen-bond acceptors (Lipinski definition) is 4. The van der Waals surface area contributed by atoms with Crippen molar-refractivity contribution < 1.29 is 9.53 Å². The van der Waals surface area contributed by atoms with Gasteiger partial charge in [0, 0.05) is 11.3 Å². The van der Waals surface area contributed by atoms with Crippen LogP contribution in [-0.4, -0.2) is 18.0 Å². The highest BCUT2D eigenvalue weighted by molar-refractivity contribution is 6.04. The molecule has 2 aromatic carbocycles. The second-order valence-corrected chi connectivity index (χ2v) is 6.52. The molecule has 138 valence electrons. The summed E-state index contributed by atoms with van der Waals surface area (Å²) in [6, 6.07) is 18.9. The van der Waals surface area contributed by atoms with Gasteiger partial charge in [-0.05, 0) is 53.9 Å². The zero-order chi connectivity index (χ0) is 19.2. The second-order valence-electron chi connectivity index (χ2n) is 6.52. The number of pyridine rings is 1. The van der Waals surface area contributed by atoms with Crippen molar-refractivity contribution in [3.05, 3.63) is 78.0 Å². The van der Waals surface area contributed by atoms with Crippen LogP contribution < -0.4 is 15.4 Å². The molecular formula is C22H23N3O2. The molecule has 1 heterocycles. The molecule has 0 radical (unpaired) electrons. The van der Waals surface area contributed by atoms with Crippen molar-refractivity contribution in [1.29, 1.82) is 0 Å². The highest BCUT2D eigenvalue weighted by atomic mass is 16.5. The minimum Gasteiger partial charge on any atom is -0.497 e. The smallest absolute Gasteiger partial charge is 0.255 e. The van der Waals surface area contributed by atoms with Gasteiger partial charge in [0.25, 0.3) is 5.91 Å². The maximum atomic E-state index is 12.3. The van der Waals surface area contributed by atoms with Gasteiger partial charge in [0.15, 0.2) is 0 Å². The van der Waals surface area contributed by atoms with E-state index in [1.54, 1.807) is 37.6 Å². The normalized spacial score (nSPS) is 10.5. The van der Waals surface area contributed by atoms with Gasteiger partial charge in [-0.15, -0.1) is 0 Å². The Morgan fingerprint density at radius 1 is 1.00 bits per heavy atom. The third-order valence-electron chi connectivity index (χ3n) is 4.20. The molecule has 2 N–H and O–H groups in total. The predicted octanol–water partition coefficient (Wildman–Crippen LogP) is 5.21. The van der Waals surface area contributed by atoms with Crippen LogP contribution in [0.2, 0.25) is 0 Å². The van der Waals surface area contributed by atoms with Gasteiger partial charge in [-0.1, -0.05) is 32.0 Å². The molecule has 0 aliphatic rings. The summed E-state index contributed by atoms with van der Waals surface area (Å²) in [5, 5.41) is 6.09. The maximum absolute atomic E-state index is 12.3. The molecule has 0 spiro atoms. The first-order chi connectivity index (χ1) is 13.0. The minimum atomic E-state index is -0.208. The van der Waals surface area contributed by atoms with Crippen molar-refractivity contribution in [2.45, 2.75) is 19.8 Å². The molecule has 0 bridgehead atoms. The number of hydrogen-bond donors (Lipinski definition) is 2. The molecule has 0 fully saturated rings. The summed E-state index contributed by atoms with van der Waals surface area (Å²) in [6.45, 7) is 4.34. The summed E-state index contributed by atoms with van der Waals surface area (Å²) >= 11 is 0. The van der Waals surface area contributed by atoms with Crippen LogP contribution in [0.4, 0.5) is 17.2 Å². The van der Waals surface area contributed by atoms with E-state index in [0.29, 0.717) is 28.7 Å². The number of carbonyl (C=O) groups is 1. The van der Waals surface area contributed by atoms with Crippen LogP contribution in [0.3, 0.4) is 0 Å². The van der Waals surface area contributed by atoms with E-state index < -0.39 is 0 Å². The number of nitrogens with zero attached hydrogens (tertiary/aromatic N) is 1. The fraction of sp³-hybridized carbons (Fsp3) is 0.182. The molecule has 0 unspecified atom stereocenters. The summed E-state index contributed by atoms with van der Waals surface area (Å²) < 4.78 is 5.15. The van der Waals surface area contributed by atoms with E-state index in [1.165, 1.54) is 5.56 Å². The molecule has 3 rings (SSSR count). The highest BCUT2D eigenvalue weighted by Gasteiger charge is 2.08. The Labute approximate surface area is 159 Å². The van der Waals surface area contributed by atoms with E-state index in [0.717, 1.165) is 5.69 Å². The topological polar surface area (TPSA) is 63.2 Å². The van der Waals surface area contributed by atoms with Gasteiger partial charge < -0.3 is 15.4 Å². The van der Waals surface area contributed by atoms with Crippen LogP contribution in [0.1, 0.15) is 35.7 Å². The molecule has 0 aliphatic heterocycles. The first-order valence-electron chi connectivity index (χ1n) is 8.83. The Morgan fingerprint density at radius 2 is 1.74 bits per heavy atom. The first-order valence-corrected chi connectivity index (χ1v) is 8.83. The van der Waals surface area contributed by atoms with E-state index in [4.69, 9.17) is 4.74 Å².